The number of sulfonamides is 1. The number of hydrogen-bond donors (Lipinski definition) is 0. The molecular formula is C23H25N3O7S. The number of piperazine rings is 1. The lowest BCUT2D eigenvalue weighted by atomic mass is 10.1. The van der Waals surface area contributed by atoms with Crippen LogP contribution < -0.4 is 4.74 Å². The summed E-state index contributed by atoms with van der Waals surface area (Å²) in [7, 11) is -2.37. The van der Waals surface area contributed by atoms with E-state index in [2.05, 4.69) is 4.98 Å². The maximum atomic E-state index is 13.2. The summed E-state index contributed by atoms with van der Waals surface area (Å²) in [5.41, 5.74) is 1.78. The Morgan fingerprint density at radius 2 is 1.82 bits per heavy atom. The lowest BCUT2D eigenvalue weighted by Crippen LogP contribution is -2.50. The molecule has 1 aromatic carbocycles. The van der Waals surface area contributed by atoms with E-state index in [0.717, 1.165) is 10.9 Å². The molecule has 0 atom stereocenters. The van der Waals surface area contributed by atoms with Crippen molar-refractivity contribution in [2.24, 2.45) is 0 Å². The second-order valence-electron chi connectivity index (χ2n) is 7.72. The van der Waals surface area contributed by atoms with E-state index in [1.54, 1.807) is 38.0 Å². The van der Waals surface area contributed by atoms with E-state index in [1.165, 1.54) is 16.4 Å². The van der Waals surface area contributed by atoms with Crippen LogP contribution in [-0.4, -0.2) is 74.4 Å². The molecule has 0 bridgehead atoms. The highest BCUT2D eigenvalue weighted by atomic mass is 32.2. The molecule has 4 rings (SSSR count). The van der Waals surface area contributed by atoms with E-state index >= 15 is 0 Å². The van der Waals surface area contributed by atoms with Crippen LogP contribution in [0.1, 0.15) is 33.5 Å². The number of amides is 1. The van der Waals surface area contributed by atoms with Crippen molar-refractivity contribution in [3.63, 3.8) is 0 Å². The van der Waals surface area contributed by atoms with E-state index in [0.29, 0.717) is 17.0 Å². The number of ether oxygens (including phenoxy) is 2. The maximum absolute atomic E-state index is 13.2. The zero-order valence-corrected chi connectivity index (χ0v) is 19.9. The normalized spacial score (nSPS) is 14.9. The van der Waals surface area contributed by atoms with E-state index in [1.807, 2.05) is 12.1 Å². The molecule has 11 heteroatoms. The van der Waals surface area contributed by atoms with Gasteiger partial charge in [0, 0.05) is 37.6 Å². The van der Waals surface area contributed by atoms with Crippen molar-refractivity contribution in [2.75, 3.05) is 39.9 Å². The Bertz CT molecular complexity index is 1340. The summed E-state index contributed by atoms with van der Waals surface area (Å²) in [5, 5.41) is 0.478. The van der Waals surface area contributed by atoms with Crippen LogP contribution in [0.5, 0.6) is 5.75 Å². The fourth-order valence-corrected chi connectivity index (χ4v) is 5.12. The van der Waals surface area contributed by atoms with E-state index in [4.69, 9.17) is 13.9 Å². The molecule has 1 aliphatic heterocycles. The average Bonchev–Trinajstić information content (AvgIpc) is 3.34. The standard InChI is InChI=1S/C23H25N3O7S/c1-4-32-23(28)20-7-8-21(33-20)34(29,30)26-11-9-25(10-12-26)22(27)18-13-16-5-6-17(31-3)14-19(16)24-15(18)2/h5-8,13-14H,4,9-12H2,1-3H3. The van der Waals surface area contributed by atoms with Gasteiger partial charge in [-0.15, -0.1) is 0 Å². The molecule has 0 saturated carbocycles. The van der Waals surface area contributed by atoms with Crippen molar-refractivity contribution in [2.45, 2.75) is 18.9 Å². The molecule has 1 fully saturated rings. The van der Waals surface area contributed by atoms with Crippen molar-refractivity contribution in [1.82, 2.24) is 14.2 Å². The Kier molecular flexibility index (Phi) is 6.58. The third-order valence-electron chi connectivity index (χ3n) is 5.62. The Morgan fingerprint density at radius 1 is 1.09 bits per heavy atom. The zero-order valence-electron chi connectivity index (χ0n) is 19.1. The van der Waals surface area contributed by atoms with Gasteiger partial charge in [0.15, 0.2) is 0 Å². The Hall–Kier alpha value is -3.44. The van der Waals surface area contributed by atoms with Crippen molar-refractivity contribution in [1.29, 1.82) is 0 Å². The summed E-state index contributed by atoms with van der Waals surface area (Å²) in [6.45, 7) is 4.18. The fourth-order valence-electron chi connectivity index (χ4n) is 3.79. The number of pyridine rings is 1. The third kappa shape index (κ3) is 4.48. The molecule has 3 aromatic rings. The minimum absolute atomic E-state index is 0.0980. The second kappa shape index (κ2) is 9.43. The number of methoxy groups -OCH3 is 1. The largest absolute Gasteiger partial charge is 0.497 e. The summed E-state index contributed by atoms with van der Waals surface area (Å²) in [6, 6.07) is 9.76. The molecule has 3 heterocycles. The summed E-state index contributed by atoms with van der Waals surface area (Å²) in [6.07, 6.45) is 0. The van der Waals surface area contributed by atoms with Gasteiger partial charge in [-0.25, -0.2) is 13.2 Å². The highest BCUT2D eigenvalue weighted by molar-refractivity contribution is 7.89. The van der Waals surface area contributed by atoms with Crippen molar-refractivity contribution in [3.8, 4) is 5.75 Å². The molecule has 34 heavy (non-hydrogen) atoms. The van der Waals surface area contributed by atoms with Crippen LogP contribution >= 0.6 is 0 Å². The molecule has 0 N–H and O–H groups in total. The molecular weight excluding hydrogens is 462 g/mol. The first-order valence-corrected chi connectivity index (χ1v) is 12.2. The Morgan fingerprint density at radius 3 is 2.50 bits per heavy atom. The van der Waals surface area contributed by atoms with Gasteiger partial charge in [-0.1, -0.05) is 0 Å². The maximum Gasteiger partial charge on any atom is 0.374 e. The highest BCUT2D eigenvalue weighted by Crippen LogP contribution is 2.24. The van der Waals surface area contributed by atoms with Gasteiger partial charge in [0.2, 0.25) is 10.9 Å². The van der Waals surface area contributed by atoms with Crippen LogP contribution in [0.25, 0.3) is 10.9 Å². The fraction of sp³-hybridized carbons (Fsp3) is 0.348. The number of rotatable bonds is 6. The number of furan rings is 1. The first kappa shape index (κ1) is 23.7. The highest BCUT2D eigenvalue weighted by Gasteiger charge is 2.33. The minimum atomic E-state index is -3.95. The molecule has 0 spiro atoms. The number of carbonyl (C=O) groups is 2. The molecule has 180 valence electrons. The topological polar surface area (TPSA) is 119 Å². The van der Waals surface area contributed by atoms with Crippen LogP contribution in [0, 0.1) is 6.92 Å². The van der Waals surface area contributed by atoms with Gasteiger partial charge in [-0.3, -0.25) is 9.78 Å². The smallest absolute Gasteiger partial charge is 0.374 e. The number of aryl methyl sites for hydroxylation is 1. The van der Waals surface area contributed by atoms with Crippen molar-refractivity contribution >= 4 is 32.8 Å². The summed E-state index contributed by atoms with van der Waals surface area (Å²) >= 11 is 0. The van der Waals surface area contributed by atoms with Crippen LogP contribution in [-0.2, 0) is 14.8 Å². The van der Waals surface area contributed by atoms with E-state index in [-0.39, 0.29) is 49.5 Å². The van der Waals surface area contributed by atoms with Gasteiger partial charge >= 0.3 is 5.97 Å². The number of hydrogen-bond acceptors (Lipinski definition) is 8. The number of esters is 1. The minimum Gasteiger partial charge on any atom is -0.497 e. The number of aromatic nitrogens is 1. The van der Waals surface area contributed by atoms with E-state index in [9.17, 15) is 18.0 Å². The second-order valence-corrected chi connectivity index (χ2v) is 9.58. The first-order valence-electron chi connectivity index (χ1n) is 10.8. The summed E-state index contributed by atoms with van der Waals surface area (Å²) < 4.78 is 42.4. The Labute approximate surface area is 197 Å². The quantitative estimate of drug-likeness (QED) is 0.487. The van der Waals surface area contributed by atoms with Crippen molar-refractivity contribution < 1.29 is 31.9 Å². The predicted molar refractivity (Wildman–Crippen MR) is 122 cm³/mol. The molecule has 10 nitrogen and oxygen atoms in total. The number of benzene rings is 1. The summed E-state index contributed by atoms with van der Waals surface area (Å²) in [5.74, 6) is -0.424. The number of fused-ring (bicyclic) bond motifs is 1. The zero-order chi connectivity index (χ0) is 24.5. The van der Waals surface area contributed by atoms with Crippen LogP contribution in [0.2, 0.25) is 0 Å². The molecule has 1 amide bonds. The molecule has 1 saturated heterocycles. The summed E-state index contributed by atoms with van der Waals surface area (Å²) in [4.78, 5) is 31.1. The van der Waals surface area contributed by atoms with Gasteiger partial charge in [0.25, 0.3) is 15.9 Å². The van der Waals surface area contributed by atoms with Gasteiger partial charge in [0.05, 0.1) is 30.5 Å². The van der Waals surface area contributed by atoms with Crippen molar-refractivity contribution in [3.05, 3.63) is 53.4 Å². The molecule has 2 aromatic heterocycles. The van der Waals surface area contributed by atoms with Gasteiger partial charge in [-0.05, 0) is 44.2 Å². The van der Waals surface area contributed by atoms with Gasteiger partial charge in [-0.2, -0.15) is 4.31 Å². The molecule has 0 radical (unpaired) electrons. The van der Waals surface area contributed by atoms with Crippen LogP contribution in [0.3, 0.4) is 0 Å². The Balaban J connectivity index is 1.47. The molecule has 0 unspecified atom stereocenters. The number of carbonyl (C=O) groups excluding carboxylic acids is 2. The lowest BCUT2D eigenvalue weighted by molar-refractivity contribution is 0.0483. The van der Waals surface area contributed by atoms with Gasteiger partial charge < -0.3 is 18.8 Å². The third-order valence-corrected chi connectivity index (χ3v) is 7.40. The molecule has 0 aliphatic carbocycles. The van der Waals surface area contributed by atoms with E-state index < -0.39 is 16.0 Å². The first-order chi connectivity index (χ1) is 16.2. The molecule has 1 aliphatic rings. The predicted octanol–water partition coefficient (Wildman–Crippen LogP) is 2.47. The monoisotopic (exact) mass is 487 g/mol. The van der Waals surface area contributed by atoms with Crippen LogP contribution in [0.15, 0.2) is 45.9 Å². The lowest BCUT2D eigenvalue weighted by Gasteiger charge is -2.33. The average molecular weight is 488 g/mol. The van der Waals surface area contributed by atoms with Crippen LogP contribution in [0.4, 0.5) is 0 Å². The van der Waals surface area contributed by atoms with Gasteiger partial charge in [0.1, 0.15) is 5.75 Å². The number of nitrogens with zero attached hydrogens (tertiary/aromatic N) is 3. The SMILES string of the molecule is CCOC(=O)c1ccc(S(=O)(=O)N2CCN(C(=O)c3cc4ccc(OC)cc4nc3C)CC2)o1.